The van der Waals surface area contributed by atoms with Crippen molar-refractivity contribution in [2.45, 2.75) is 0 Å². The molecule has 3 N–H and O–H groups in total. The highest BCUT2D eigenvalue weighted by atomic mass is 35.5. The van der Waals surface area contributed by atoms with E-state index in [0.29, 0.717) is 6.07 Å². The van der Waals surface area contributed by atoms with E-state index in [0.717, 1.165) is 6.07 Å². The number of rotatable bonds is 3. The van der Waals surface area contributed by atoms with E-state index < -0.39 is 17.6 Å². The fraction of sp³-hybridized carbons (Fsp3) is 0.0714. The molecule has 0 heterocycles. The largest absolute Gasteiger partial charge is 0.465 e. The van der Waals surface area contributed by atoms with Crippen LogP contribution in [0.3, 0.4) is 0 Å². The number of ether oxygens (including phenoxy) is 1. The molecule has 0 fully saturated rings. The molecule has 0 saturated heterocycles. The molecule has 0 aliphatic rings. The van der Waals surface area contributed by atoms with Gasteiger partial charge in [-0.05, 0) is 24.3 Å². The van der Waals surface area contributed by atoms with Crippen molar-refractivity contribution in [3.8, 4) is 0 Å². The zero-order valence-electron chi connectivity index (χ0n) is 10.9. The molecule has 110 valence electrons. The number of nitrogens with two attached hydrogens (primary N) is 1. The predicted molar refractivity (Wildman–Crippen MR) is 76.8 cm³/mol. The molecule has 4 nitrogen and oxygen atoms in total. The Kier molecular flexibility index (Phi) is 4.28. The van der Waals surface area contributed by atoms with Crippen LogP contribution in [0.25, 0.3) is 0 Å². The summed E-state index contributed by atoms with van der Waals surface area (Å²) in [6, 6.07) is 5.73. The van der Waals surface area contributed by atoms with Crippen LogP contribution >= 0.6 is 11.6 Å². The molecule has 2 rings (SSSR count). The van der Waals surface area contributed by atoms with Gasteiger partial charge in [0, 0.05) is 11.8 Å². The van der Waals surface area contributed by atoms with E-state index in [1.807, 2.05) is 0 Å². The molecule has 0 saturated carbocycles. The number of hydrogen-bond donors (Lipinski definition) is 2. The molecule has 0 atom stereocenters. The summed E-state index contributed by atoms with van der Waals surface area (Å²) in [6.07, 6.45) is 0. The lowest BCUT2D eigenvalue weighted by atomic mass is 10.1. The zero-order chi connectivity index (χ0) is 15.6. The number of benzene rings is 2. The summed E-state index contributed by atoms with van der Waals surface area (Å²) < 4.78 is 31.2. The first kappa shape index (κ1) is 15.1. The first-order chi connectivity index (χ1) is 9.92. The smallest absolute Gasteiger partial charge is 0.340 e. The van der Waals surface area contributed by atoms with Crippen LogP contribution in [0, 0.1) is 11.6 Å². The highest BCUT2D eigenvalue weighted by Crippen LogP contribution is 2.33. The summed E-state index contributed by atoms with van der Waals surface area (Å²) in [6.45, 7) is 0. The van der Waals surface area contributed by atoms with Crippen molar-refractivity contribution in [3.63, 3.8) is 0 Å². The minimum atomic E-state index is -0.821. The van der Waals surface area contributed by atoms with E-state index in [9.17, 15) is 13.6 Å². The highest BCUT2D eigenvalue weighted by molar-refractivity contribution is 6.34. The van der Waals surface area contributed by atoms with Crippen LogP contribution in [0.1, 0.15) is 10.4 Å². The van der Waals surface area contributed by atoms with Crippen LogP contribution in [0.15, 0.2) is 30.3 Å². The van der Waals surface area contributed by atoms with Crippen LogP contribution < -0.4 is 11.1 Å². The lowest BCUT2D eigenvalue weighted by molar-refractivity contribution is 0.0602. The molecule has 0 aromatic heterocycles. The molecule has 0 amide bonds. The molecular formula is C14H11ClF2N2O2. The number of nitrogen functional groups attached to an aromatic ring is 1. The Bertz CT molecular complexity index is 708. The lowest BCUT2D eigenvalue weighted by Crippen LogP contribution is -2.08. The second-order valence-electron chi connectivity index (χ2n) is 4.17. The number of carbonyl (C=O) groups excluding carboxylic acids is 1. The number of halogens is 3. The van der Waals surface area contributed by atoms with Crippen molar-refractivity contribution in [1.82, 2.24) is 0 Å². The number of anilines is 3. The third-order valence-corrected chi connectivity index (χ3v) is 3.01. The van der Waals surface area contributed by atoms with Crippen LogP contribution in [0.2, 0.25) is 5.02 Å². The van der Waals surface area contributed by atoms with Gasteiger partial charge in [-0.3, -0.25) is 0 Å². The van der Waals surface area contributed by atoms with Crippen LogP contribution in [-0.2, 0) is 4.74 Å². The van der Waals surface area contributed by atoms with Crippen LogP contribution in [-0.4, -0.2) is 13.1 Å². The number of carbonyl (C=O) groups is 1. The van der Waals surface area contributed by atoms with E-state index in [4.69, 9.17) is 17.3 Å². The monoisotopic (exact) mass is 312 g/mol. The summed E-state index contributed by atoms with van der Waals surface area (Å²) in [4.78, 5) is 11.7. The molecule has 0 aliphatic carbocycles. The molecule has 0 aliphatic heterocycles. The van der Waals surface area contributed by atoms with Gasteiger partial charge in [-0.1, -0.05) is 11.6 Å². The van der Waals surface area contributed by atoms with Gasteiger partial charge in [0.15, 0.2) is 0 Å². The average molecular weight is 313 g/mol. The van der Waals surface area contributed by atoms with Gasteiger partial charge < -0.3 is 15.8 Å². The standard InChI is InChI=1S/C14H11ClF2N2O2/c1-21-14(20)9-5-8(18)6-10(15)13(9)19-12-3-2-7(16)4-11(12)17/h2-6,19H,18H2,1H3. The first-order valence-corrected chi connectivity index (χ1v) is 6.19. The van der Waals surface area contributed by atoms with Gasteiger partial charge in [0.1, 0.15) is 11.6 Å². The van der Waals surface area contributed by atoms with Crippen LogP contribution in [0.4, 0.5) is 25.8 Å². The molecule has 0 radical (unpaired) electrons. The first-order valence-electron chi connectivity index (χ1n) is 5.81. The minimum Gasteiger partial charge on any atom is -0.465 e. The van der Waals surface area contributed by atoms with Crippen molar-refractivity contribution in [2.75, 3.05) is 18.2 Å². The third kappa shape index (κ3) is 3.22. The molecule has 7 heteroatoms. The number of esters is 1. The van der Waals surface area contributed by atoms with Gasteiger partial charge in [0.05, 0.1) is 29.1 Å². The normalized spacial score (nSPS) is 10.3. The topological polar surface area (TPSA) is 64.3 Å². The predicted octanol–water partition coefficient (Wildman–Crippen LogP) is 3.73. The van der Waals surface area contributed by atoms with E-state index in [1.165, 1.54) is 25.3 Å². The Morgan fingerprint density at radius 2 is 2.00 bits per heavy atom. The van der Waals surface area contributed by atoms with Crippen molar-refractivity contribution in [1.29, 1.82) is 0 Å². The lowest BCUT2D eigenvalue weighted by Gasteiger charge is -2.14. The van der Waals surface area contributed by atoms with Crippen molar-refractivity contribution in [2.24, 2.45) is 0 Å². The molecule has 0 unspecified atom stereocenters. The summed E-state index contributed by atoms with van der Waals surface area (Å²) in [5.74, 6) is -2.22. The number of nitrogens with one attached hydrogen (secondary N) is 1. The Labute approximate surface area is 124 Å². The van der Waals surface area contributed by atoms with Gasteiger partial charge >= 0.3 is 5.97 Å². The third-order valence-electron chi connectivity index (χ3n) is 2.71. The van der Waals surface area contributed by atoms with Gasteiger partial charge in [-0.2, -0.15) is 0 Å². The summed E-state index contributed by atoms with van der Waals surface area (Å²) in [7, 11) is 1.20. The SMILES string of the molecule is COC(=O)c1cc(N)cc(Cl)c1Nc1ccc(F)cc1F. The Hall–Kier alpha value is -2.34. The maximum Gasteiger partial charge on any atom is 0.340 e. The molecule has 2 aromatic rings. The fourth-order valence-electron chi connectivity index (χ4n) is 1.75. The second-order valence-corrected chi connectivity index (χ2v) is 4.57. The summed E-state index contributed by atoms with van der Waals surface area (Å²) in [5.41, 5.74) is 6.02. The van der Waals surface area contributed by atoms with E-state index in [-0.39, 0.29) is 27.6 Å². The maximum absolute atomic E-state index is 13.7. The van der Waals surface area contributed by atoms with Crippen molar-refractivity contribution < 1.29 is 18.3 Å². The zero-order valence-corrected chi connectivity index (χ0v) is 11.7. The second kappa shape index (κ2) is 5.97. The van der Waals surface area contributed by atoms with E-state index >= 15 is 0 Å². The molecule has 0 spiro atoms. The number of methoxy groups -OCH3 is 1. The van der Waals surface area contributed by atoms with Crippen LogP contribution in [0.5, 0.6) is 0 Å². The minimum absolute atomic E-state index is 0.0341. The summed E-state index contributed by atoms with van der Waals surface area (Å²) >= 11 is 6.02. The molecule has 2 aromatic carbocycles. The number of hydrogen-bond acceptors (Lipinski definition) is 4. The van der Waals surface area contributed by atoms with Crippen molar-refractivity contribution in [3.05, 3.63) is 52.6 Å². The Morgan fingerprint density at radius 1 is 1.29 bits per heavy atom. The highest BCUT2D eigenvalue weighted by Gasteiger charge is 2.17. The quantitative estimate of drug-likeness (QED) is 0.669. The van der Waals surface area contributed by atoms with Crippen molar-refractivity contribution >= 4 is 34.6 Å². The summed E-state index contributed by atoms with van der Waals surface area (Å²) in [5, 5.41) is 2.76. The van der Waals surface area contributed by atoms with Gasteiger partial charge in [0.2, 0.25) is 0 Å². The van der Waals surface area contributed by atoms with Gasteiger partial charge in [-0.15, -0.1) is 0 Å². The maximum atomic E-state index is 13.7. The van der Waals surface area contributed by atoms with Gasteiger partial charge in [0.25, 0.3) is 0 Å². The Balaban J connectivity index is 2.50. The van der Waals surface area contributed by atoms with Gasteiger partial charge in [-0.25, -0.2) is 13.6 Å². The molecule has 0 bridgehead atoms. The Morgan fingerprint density at radius 3 is 2.62 bits per heavy atom. The van der Waals surface area contributed by atoms with E-state index in [1.54, 1.807) is 0 Å². The fourth-order valence-corrected chi connectivity index (χ4v) is 2.03. The molecular weight excluding hydrogens is 302 g/mol. The molecule has 21 heavy (non-hydrogen) atoms. The van der Waals surface area contributed by atoms with E-state index in [2.05, 4.69) is 10.1 Å². The average Bonchev–Trinajstić information content (AvgIpc) is 2.42.